The van der Waals surface area contributed by atoms with Crippen molar-refractivity contribution in [1.82, 2.24) is 9.78 Å². The van der Waals surface area contributed by atoms with E-state index in [1.165, 1.54) is 15.7 Å². The number of nitrogens with zero attached hydrogens (tertiary/aromatic N) is 5. The third-order valence-corrected chi connectivity index (χ3v) is 5.24. The van der Waals surface area contributed by atoms with Gasteiger partial charge in [-0.15, -0.1) is 0 Å². The summed E-state index contributed by atoms with van der Waals surface area (Å²) in [6.07, 6.45) is 4.56. The quantitative estimate of drug-likeness (QED) is 0.322. The third-order valence-electron chi connectivity index (χ3n) is 4.52. The van der Waals surface area contributed by atoms with Crippen LogP contribution in [0.2, 0.25) is 0 Å². The molecule has 0 radical (unpaired) electrons. The Balaban J connectivity index is 1.72. The molecular weight excluding hydrogens is 457 g/mol. The smallest absolute Gasteiger partial charge is 0.269 e. The lowest BCUT2D eigenvalue weighted by Gasteiger charge is -2.22. The lowest BCUT2D eigenvalue weighted by molar-refractivity contribution is -0.384. The maximum atomic E-state index is 10.9. The second-order valence-corrected chi connectivity index (χ2v) is 7.58. The number of halogens is 1. The molecule has 7 nitrogen and oxygen atoms in total. The molecule has 1 aromatic heterocycles. The van der Waals surface area contributed by atoms with Gasteiger partial charge in [0.1, 0.15) is 0 Å². The van der Waals surface area contributed by atoms with Crippen molar-refractivity contribution in [1.29, 1.82) is 0 Å². The van der Waals surface area contributed by atoms with Crippen LogP contribution in [0.15, 0.2) is 66.0 Å². The van der Waals surface area contributed by atoms with Crippen LogP contribution >= 0.6 is 22.6 Å². The van der Waals surface area contributed by atoms with Gasteiger partial charge in [-0.2, -0.15) is 10.2 Å². The molecule has 8 heteroatoms. The summed E-state index contributed by atoms with van der Waals surface area (Å²) in [6, 6.07) is 14.7. The zero-order valence-corrected chi connectivity index (χ0v) is 16.6. The van der Waals surface area contributed by atoms with Crippen molar-refractivity contribution in [3.8, 4) is 0 Å². The minimum atomic E-state index is -0.396. The van der Waals surface area contributed by atoms with Crippen molar-refractivity contribution in [2.45, 2.75) is 12.5 Å². The van der Waals surface area contributed by atoms with E-state index in [1.54, 1.807) is 16.8 Å². The summed E-state index contributed by atoms with van der Waals surface area (Å²) in [5, 5.41) is 22.0. The third kappa shape index (κ3) is 3.57. The van der Waals surface area contributed by atoms with E-state index >= 15 is 0 Å². The van der Waals surface area contributed by atoms with Gasteiger partial charge in [-0.25, -0.2) is 0 Å². The average Bonchev–Trinajstić information content (AvgIpc) is 3.29. The zero-order valence-electron chi connectivity index (χ0n) is 14.5. The Morgan fingerprint density at radius 2 is 1.85 bits per heavy atom. The number of rotatable bonds is 4. The van der Waals surface area contributed by atoms with Crippen molar-refractivity contribution >= 4 is 39.7 Å². The summed E-state index contributed by atoms with van der Waals surface area (Å²) in [5.74, 6) is 0. The van der Waals surface area contributed by atoms with Crippen molar-refractivity contribution in [2.24, 2.45) is 12.1 Å². The fraction of sp³-hybridized carbons (Fsp3) is 0.158. The number of hydrogen-bond acceptors (Lipinski definition) is 5. The van der Waals surface area contributed by atoms with Gasteiger partial charge in [0.25, 0.3) is 5.69 Å². The lowest BCUT2D eigenvalue weighted by Crippen LogP contribution is -2.18. The molecule has 0 saturated heterocycles. The largest absolute Gasteiger partial charge is 0.275 e. The normalized spacial score (nSPS) is 16.4. The van der Waals surface area contributed by atoms with Gasteiger partial charge in [0.05, 0.1) is 28.6 Å². The number of anilines is 1. The topological polar surface area (TPSA) is 76.6 Å². The minimum absolute atomic E-state index is 0.00515. The van der Waals surface area contributed by atoms with Gasteiger partial charge in [-0.3, -0.25) is 19.8 Å². The van der Waals surface area contributed by atoms with Crippen LogP contribution in [0.5, 0.6) is 0 Å². The van der Waals surface area contributed by atoms with E-state index in [-0.39, 0.29) is 11.7 Å². The van der Waals surface area contributed by atoms with Crippen LogP contribution in [-0.2, 0) is 7.05 Å². The van der Waals surface area contributed by atoms with Gasteiger partial charge in [0.15, 0.2) is 0 Å². The van der Waals surface area contributed by atoms with Crippen molar-refractivity contribution in [3.05, 3.63) is 85.7 Å². The number of aryl methyl sites for hydroxylation is 1. The van der Waals surface area contributed by atoms with Crippen molar-refractivity contribution in [3.63, 3.8) is 0 Å². The fourth-order valence-electron chi connectivity index (χ4n) is 3.16. The summed E-state index contributed by atoms with van der Waals surface area (Å²) in [4.78, 5) is 10.5. The molecule has 0 amide bonds. The number of benzene rings is 2. The van der Waals surface area contributed by atoms with E-state index in [2.05, 4.69) is 52.0 Å². The average molecular weight is 473 g/mol. The molecule has 136 valence electrons. The van der Waals surface area contributed by atoms with Gasteiger partial charge in [-0.05, 0) is 52.4 Å². The Morgan fingerprint density at radius 3 is 2.44 bits per heavy atom. The van der Waals surface area contributed by atoms with Gasteiger partial charge < -0.3 is 0 Å². The predicted molar refractivity (Wildman–Crippen MR) is 112 cm³/mol. The van der Waals surface area contributed by atoms with E-state index in [9.17, 15) is 10.1 Å². The molecule has 2 heterocycles. The highest BCUT2D eigenvalue weighted by molar-refractivity contribution is 14.1. The molecule has 1 unspecified atom stereocenters. The zero-order chi connectivity index (χ0) is 19.0. The molecule has 27 heavy (non-hydrogen) atoms. The molecular formula is C19H16IN5O2. The van der Waals surface area contributed by atoms with Crippen LogP contribution in [0, 0.1) is 13.7 Å². The number of nitro groups is 1. The maximum Gasteiger partial charge on any atom is 0.269 e. The molecule has 0 aliphatic carbocycles. The molecule has 0 saturated carbocycles. The highest BCUT2D eigenvalue weighted by Gasteiger charge is 2.31. The first-order chi connectivity index (χ1) is 13.0. The Kier molecular flexibility index (Phi) is 4.65. The lowest BCUT2D eigenvalue weighted by atomic mass is 10.0. The van der Waals surface area contributed by atoms with Crippen LogP contribution in [0.3, 0.4) is 0 Å². The summed E-state index contributed by atoms with van der Waals surface area (Å²) in [6.45, 7) is 0. The Hall–Kier alpha value is -2.75. The number of non-ortho nitro benzene ring substituents is 1. The SMILES string of the molecule is Cn1cc(C2CC(c3ccc(I)cc3)=NN2c2ccc([N+](=O)[O-])cc2)cn1. The first-order valence-corrected chi connectivity index (χ1v) is 9.45. The highest BCUT2D eigenvalue weighted by atomic mass is 127. The van der Waals surface area contributed by atoms with Crippen LogP contribution in [-0.4, -0.2) is 20.4 Å². The van der Waals surface area contributed by atoms with Gasteiger partial charge in [0.2, 0.25) is 0 Å². The van der Waals surface area contributed by atoms with Crippen LogP contribution < -0.4 is 5.01 Å². The highest BCUT2D eigenvalue weighted by Crippen LogP contribution is 2.37. The van der Waals surface area contributed by atoms with Crippen LogP contribution in [0.4, 0.5) is 11.4 Å². The molecule has 0 bridgehead atoms. The van der Waals surface area contributed by atoms with Gasteiger partial charge in [-0.1, -0.05) is 12.1 Å². The number of aromatic nitrogens is 2. The first kappa shape index (κ1) is 17.7. The van der Waals surface area contributed by atoms with Gasteiger partial charge in [0, 0.05) is 40.9 Å². The minimum Gasteiger partial charge on any atom is -0.275 e. The summed E-state index contributed by atoms with van der Waals surface area (Å²) < 4.78 is 2.94. The molecule has 3 aromatic rings. The first-order valence-electron chi connectivity index (χ1n) is 8.37. The molecule has 2 aromatic carbocycles. The van der Waals surface area contributed by atoms with Crippen LogP contribution in [0.1, 0.15) is 23.6 Å². The molecule has 1 aliphatic rings. The van der Waals surface area contributed by atoms with E-state index in [1.807, 2.05) is 24.5 Å². The van der Waals surface area contributed by atoms with Gasteiger partial charge >= 0.3 is 0 Å². The van der Waals surface area contributed by atoms with E-state index in [4.69, 9.17) is 5.10 Å². The molecule has 1 aliphatic heterocycles. The second-order valence-electron chi connectivity index (χ2n) is 6.34. The summed E-state index contributed by atoms with van der Waals surface area (Å²) in [5.41, 5.74) is 4.00. The van der Waals surface area contributed by atoms with E-state index < -0.39 is 4.92 Å². The van der Waals surface area contributed by atoms with E-state index in [0.717, 1.165) is 28.9 Å². The standard InChI is InChI=1S/C19H16IN5O2/c1-23-12-14(11-21-23)19-10-18(13-2-4-15(20)5-3-13)22-24(19)16-6-8-17(9-7-16)25(26)27/h2-9,11-12,19H,10H2,1H3. The molecule has 0 fully saturated rings. The number of hydrogen-bond donors (Lipinski definition) is 0. The summed E-state index contributed by atoms with van der Waals surface area (Å²) in [7, 11) is 1.88. The Bertz CT molecular complexity index is 1010. The fourth-order valence-corrected chi connectivity index (χ4v) is 3.52. The Labute approximate surface area is 169 Å². The monoisotopic (exact) mass is 473 g/mol. The maximum absolute atomic E-state index is 10.9. The summed E-state index contributed by atoms with van der Waals surface area (Å²) >= 11 is 2.28. The molecule has 1 atom stereocenters. The molecule has 0 spiro atoms. The van der Waals surface area contributed by atoms with Crippen LogP contribution in [0.25, 0.3) is 0 Å². The van der Waals surface area contributed by atoms with Crippen molar-refractivity contribution in [2.75, 3.05) is 5.01 Å². The predicted octanol–water partition coefficient (Wildman–Crippen LogP) is 4.29. The number of hydrazone groups is 1. The van der Waals surface area contributed by atoms with E-state index in [0.29, 0.717) is 0 Å². The number of nitro benzene ring substituents is 1. The Morgan fingerprint density at radius 1 is 1.15 bits per heavy atom. The molecule has 4 rings (SSSR count). The molecule has 0 N–H and O–H groups in total. The second kappa shape index (κ2) is 7.10. The van der Waals surface area contributed by atoms with Crippen molar-refractivity contribution < 1.29 is 4.92 Å².